The molecule has 3 heteroatoms. The zero-order chi connectivity index (χ0) is 15.1. The van der Waals surface area contributed by atoms with E-state index in [4.69, 9.17) is 0 Å². The van der Waals surface area contributed by atoms with E-state index in [1.165, 1.54) is 11.3 Å². The van der Waals surface area contributed by atoms with E-state index in [0.29, 0.717) is 6.04 Å². The maximum Gasteiger partial charge on any atom is 0.0421 e. The summed E-state index contributed by atoms with van der Waals surface area (Å²) in [7, 11) is 2.13. The lowest BCUT2D eigenvalue weighted by atomic mass is 10.2. The minimum Gasteiger partial charge on any atom is -0.374 e. The van der Waals surface area contributed by atoms with Crippen LogP contribution < -0.4 is 10.2 Å². The van der Waals surface area contributed by atoms with Crippen molar-refractivity contribution in [1.82, 2.24) is 10.3 Å². The molecule has 1 heterocycles. The van der Waals surface area contributed by atoms with Crippen molar-refractivity contribution in [3.63, 3.8) is 0 Å². The molecule has 112 valence electrons. The summed E-state index contributed by atoms with van der Waals surface area (Å²) in [5, 5.41) is 3.44. The van der Waals surface area contributed by atoms with Crippen LogP contribution >= 0.6 is 0 Å². The predicted molar refractivity (Wildman–Crippen MR) is 89.6 cm³/mol. The van der Waals surface area contributed by atoms with Gasteiger partial charge in [-0.25, -0.2) is 0 Å². The van der Waals surface area contributed by atoms with Crippen molar-refractivity contribution < 1.29 is 0 Å². The molecule has 0 atom stereocenters. The van der Waals surface area contributed by atoms with Crippen molar-refractivity contribution in [2.75, 3.05) is 18.5 Å². The Balaban J connectivity index is 1.86. The van der Waals surface area contributed by atoms with Crippen molar-refractivity contribution in [2.24, 2.45) is 0 Å². The molecule has 1 N–H and O–H groups in total. The standard InChI is InChI=1S/C18H25N3/c1-15(2)20-14-16-7-9-18(10-8-16)21(3)13-11-17-6-4-5-12-19-17/h4-10,12,15,20H,11,13-14H2,1-3H3. The maximum atomic E-state index is 4.36. The number of hydrogen-bond acceptors (Lipinski definition) is 3. The second-order valence-electron chi connectivity index (χ2n) is 5.69. The summed E-state index contributed by atoms with van der Waals surface area (Å²) in [5.41, 5.74) is 3.71. The van der Waals surface area contributed by atoms with E-state index in [1.807, 2.05) is 18.3 Å². The number of benzene rings is 1. The number of nitrogens with zero attached hydrogens (tertiary/aromatic N) is 2. The van der Waals surface area contributed by atoms with Gasteiger partial charge < -0.3 is 10.2 Å². The summed E-state index contributed by atoms with van der Waals surface area (Å²) >= 11 is 0. The van der Waals surface area contributed by atoms with Gasteiger partial charge >= 0.3 is 0 Å². The summed E-state index contributed by atoms with van der Waals surface area (Å²) in [6.07, 6.45) is 2.82. The molecule has 0 aliphatic heterocycles. The molecule has 2 rings (SSSR count). The third kappa shape index (κ3) is 5.20. The second-order valence-corrected chi connectivity index (χ2v) is 5.69. The monoisotopic (exact) mass is 283 g/mol. The summed E-state index contributed by atoms with van der Waals surface area (Å²) in [6, 6.07) is 15.4. The highest BCUT2D eigenvalue weighted by molar-refractivity contribution is 5.46. The first-order chi connectivity index (χ1) is 10.1. The average Bonchev–Trinajstić information content (AvgIpc) is 2.52. The van der Waals surface area contributed by atoms with E-state index in [1.54, 1.807) is 0 Å². The minimum atomic E-state index is 0.519. The van der Waals surface area contributed by atoms with Crippen LogP contribution in [0.2, 0.25) is 0 Å². The lowest BCUT2D eigenvalue weighted by Crippen LogP contribution is -2.22. The van der Waals surface area contributed by atoms with Gasteiger partial charge in [-0.1, -0.05) is 32.0 Å². The van der Waals surface area contributed by atoms with Crippen LogP contribution in [0.25, 0.3) is 0 Å². The van der Waals surface area contributed by atoms with Gasteiger partial charge in [0.2, 0.25) is 0 Å². The van der Waals surface area contributed by atoms with Crippen LogP contribution in [0.5, 0.6) is 0 Å². The second kappa shape index (κ2) is 7.79. The molecule has 0 saturated heterocycles. The first-order valence-electron chi connectivity index (χ1n) is 7.58. The zero-order valence-corrected chi connectivity index (χ0v) is 13.2. The molecule has 1 aromatic heterocycles. The molecule has 0 unspecified atom stereocenters. The molecular formula is C18H25N3. The molecular weight excluding hydrogens is 258 g/mol. The molecule has 0 aliphatic carbocycles. The third-order valence-corrected chi connectivity index (χ3v) is 3.52. The van der Waals surface area contributed by atoms with Crippen LogP contribution in [-0.2, 0) is 13.0 Å². The number of hydrogen-bond donors (Lipinski definition) is 1. The topological polar surface area (TPSA) is 28.2 Å². The van der Waals surface area contributed by atoms with Gasteiger partial charge in [0.1, 0.15) is 0 Å². The Bertz CT molecular complexity index is 520. The normalized spacial score (nSPS) is 10.9. The number of pyridine rings is 1. The van der Waals surface area contributed by atoms with Crippen LogP contribution in [0, 0.1) is 0 Å². The fraction of sp³-hybridized carbons (Fsp3) is 0.389. The number of likely N-dealkylation sites (N-methyl/N-ethyl adjacent to an activating group) is 1. The number of anilines is 1. The quantitative estimate of drug-likeness (QED) is 0.845. The highest BCUT2D eigenvalue weighted by Crippen LogP contribution is 2.14. The van der Waals surface area contributed by atoms with Crippen LogP contribution in [0.1, 0.15) is 25.1 Å². The minimum absolute atomic E-state index is 0.519. The zero-order valence-electron chi connectivity index (χ0n) is 13.2. The lowest BCUT2D eigenvalue weighted by Gasteiger charge is -2.19. The molecule has 1 aromatic carbocycles. The Morgan fingerprint density at radius 2 is 1.86 bits per heavy atom. The molecule has 0 spiro atoms. The van der Waals surface area contributed by atoms with E-state index in [2.05, 4.69) is 66.4 Å². The van der Waals surface area contributed by atoms with E-state index < -0.39 is 0 Å². The van der Waals surface area contributed by atoms with Crippen LogP contribution in [0.3, 0.4) is 0 Å². The largest absolute Gasteiger partial charge is 0.374 e. The SMILES string of the molecule is CC(C)NCc1ccc(N(C)CCc2ccccn2)cc1. The first kappa shape index (κ1) is 15.5. The molecule has 0 radical (unpaired) electrons. The van der Waals surface area contributed by atoms with Gasteiger partial charge in [-0.2, -0.15) is 0 Å². The van der Waals surface area contributed by atoms with Crippen molar-refractivity contribution in [3.8, 4) is 0 Å². The Kier molecular flexibility index (Phi) is 5.76. The summed E-state index contributed by atoms with van der Waals surface area (Å²) in [4.78, 5) is 6.64. The van der Waals surface area contributed by atoms with Crippen molar-refractivity contribution in [3.05, 3.63) is 59.9 Å². The number of rotatable bonds is 7. The van der Waals surface area contributed by atoms with Gasteiger partial charge in [-0.15, -0.1) is 0 Å². The highest BCUT2D eigenvalue weighted by Gasteiger charge is 2.02. The van der Waals surface area contributed by atoms with E-state index >= 15 is 0 Å². The summed E-state index contributed by atoms with van der Waals surface area (Å²) < 4.78 is 0. The molecule has 0 amide bonds. The highest BCUT2D eigenvalue weighted by atomic mass is 15.1. The molecule has 0 saturated carbocycles. The van der Waals surface area contributed by atoms with Gasteiger partial charge in [0.25, 0.3) is 0 Å². The van der Waals surface area contributed by atoms with Gasteiger partial charge in [0.15, 0.2) is 0 Å². The summed E-state index contributed by atoms with van der Waals surface area (Å²) in [6.45, 7) is 6.23. The molecule has 3 nitrogen and oxygen atoms in total. The Labute approximate surface area is 128 Å². The van der Waals surface area contributed by atoms with Gasteiger partial charge in [0, 0.05) is 50.2 Å². The predicted octanol–water partition coefficient (Wildman–Crippen LogP) is 3.26. The molecule has 21 heavy (non-hydrogen) atoms. The first-order valence-corrected chi connectivity index (χ1v) is 7.58. The lowest BCUT2D eigenvalue weighted by molar-refractivity contribution is 0.589. The molecule has 0 fully saturated rings. The van der Waals surface area contributed by atoms with E-state index in [9.17, 15) is 0 Å². The summed E-state index contributed by atoms with van der Waals surface area (Å²) in [5.74, 6) is 0. The van der Waals surface area contributed by atoms with E-state index in [-0.39, 0.29) is 0 Å². The van der Waals surface area contributed by atoms with Crippen molar-refractivity contribution in [1.29, 1.82) is 0 Å². The Morgan fingerprint density at radius 3 is 2.48 bits per heavy atom. The molecule has 0 bridgehead atoms. The van der Waals surface area contributed by atoms with E-state index in [0.717, 1.165) is 25.2 Å². The van der Waals surface area contributed by atoms with Gasteiger partial charge in [-0.3, -0.25) is 4.98 Å². The Hall–Kier alpha value is -1.87. The average molecular weight is 283 g/mol. The van der Waals surface area contributed by atoms with Gasteiger partial charge in [-0.05, 0) is 29.8 Å². The molecule has 2 aromatic rings. The molecule has 0 aliphatic rings. The number of nitrogens with one attached hydrogen (secondary N) is 1. The number of aromatic nitrogens is 1. The Morgan fingerprint density at radius 1 is 1.10 bits per heavy atom. The fourth-order valence-electron chi connectivity index (χ4n) is 2.15. The van der Waals surface area contributed by atoms with Crippen LogP contribution in [-0.4, -0.2) is 24.6 Å². The smallest absolute Gasteiger partial charge is 0.0421 e. The fourth-order valence-corrected chi connectivity index (χ4v) is 2.15. The van der Waals surface area contributed by atoms with Crippen LogP contribution in [0.4, 0.5) is 5.69 Å². The van der Waals surface area contributed by atoms with Gasteiger partial charge in [0.05, 0.1) is 0 Å². The van der Waals surface area contributed by atoms with Crippen LogP contribution in [0.15, 0.2) is 48.7 Å². The van der Waals surface area contributed by atoms with Crippen molar-refractivity contribution >= 4 is 5.69 Å². The van der Waals surface area contributed by atoms with Crippen molar-refractivity contribution in [2.45, 2.75) is 32.9 Å². The third-order valence-electron chi connectivity index (χ3n) is 3.52. The maximum absolute atomic E-state index is 4.36.